The molecule has 0 atom stereocenters. The van der Waals surface area contributed by atoms with Crippen molar-refractivity contribution in [3.05, 3.63) is 45.4 Å². The summed E-state index contributed by atoms with van der Waals surface area (Å²) in [6, 6.07) is 3.85. The molecular formula is C12H11N5S2. The van der Waals surface area contributed by atoms with Crippen molar-refractivity contribution >= 4 is 23.6 Å². The number of pyridine rings is 1. The molecule has 0 aliphatic carbocycles. The average Bonchev–Trinajstić information content (AvgIpc) is 2.99. The average molecular weight is 289 g/mol. The van der Waals surface area contributed by atoms with Crippen molar-refractivity contribution in [2.45, 2.75) is 13.5 Å². The quantitative estimate of drug-likeness (QED) is 0.753. The summed E-state index contributed by atoms with van der Waals surface area (Å²) < 4.78 is 2.57. The predicted molar refractivity (Wildman–Crippen MR) is 76.6 cm³/mol. The van der Waals surface area contributed by atoms with E-state index in [1.54, 1.807) is 23.7 Å². The molecule has 0 saturated carbocycles. The number of aryl methyl sites for hydroxylation is 1. The number of hydrogen-bond donors (Lipinski definition) is 1. The molecule has 0 unspecified atom stereocenters. The van der Waals surface area contributed by atoms with E-state index in [1.165, 1.54) is 4.88 Å². The predicted octanol–water partition coefficient (Wildman–Crippen LogP) is 2.82. The third kappa shape index (κ3) is 2.34. The Morgan fingerprint density at radius 2 is 2.37 bits per heavy atom. The number of nitrogens with one attached hydrogen (secondary N) is 1. The third-order valence-corrected chi connectivity index (χ3v) is 4.06. The van der Waals surface area contributed by atoms with Crippen LogP contribution in [0.3, 0.4) is 0 Å². The number of thiazole rings is 1. The van der Waals surface area contributed by atoms with Crippen molar-refractivity contribution < 1.29 is 0 Å². The van der Waals surface area contributed by atoms with Crippen LogP contribution < -0.4 is 0 Å². The van der Waals surface area contributed by atoms with E-state index in [-0.39, 0.29) is 0 Å². The highest BCUT2D eigenvalue weighted by Crippen LogP contribution is 2.20. The zero-order valence-electron chi connectivity index (χ0n) is 10.2. The normalized spacial score (nSPS) is 10.8. The van der Waals surface area contributed by atoms with Crippen LogP contribution >= 0.6 is 23.6 Å². The van der Waals surface area contributed by atoms with Crippen LogP contribution in [0.15, 0.2) is 30.0 Å². The van der Waals surface area contributed by atoms with Gasteiger partial charge in [0, 0.05) is 22.8 Å². The Labute approximate surface area is 119 Å². The van der Waals surface area contributed by atoms with E-state index in [4.69, 9.17) is 12.2 Å². The van der Waals surface area contributed by atoms with Gasteiger partial charge in [-0.15, -0.1) is 11.3 Å². The molecular weight excluding hydrogens is 278 g/mol. The van der Waals surface area contributed by atoms with Crippen LogP contribution in [0.25, 0.3) is 11.4 Å². The molecule has 96 valence electrons. The Kier molecular flexibility index (Phi) is 3.22. The third-order valence-electron chi connectivity index (χ3n) is 2.82. The SMILES string of the molecule is Cc1ncsc1Cn1c(-c2cccnc2)n[nH]c1=S. The highest BCUT2D eigenvalue weighted by Gasteiger charge is 2.11. The molecule has 19 heavy (non-hydrogen) atoms. The van der Waals surface area contributed by atoms with E-state index in [9.17, 15) is 0 Å². The minimum absolute atomic E-state index is 0.603. The molecule has 0 spiro atoms. The molecule has 0 saturated heterocycles. The Bertz CT molecular complexity index is 741. The van der Waals surface area contributed by atoms with E-state index in [1.807, 2.05) is 29.1 Å². The summed E-state index contributed by atoms with van der Waals surface area (Å²) in [6.07, 6.45) is 3.52. The summed E-state index contributed by atoms with van der Waals surface area (Å²) in [4.78, 5) is 9.56. The van der Waals surface area contributed by atoms with Crippen LogP contribution in [-0.4, -0.2) is 24.7 Å². The van der Waals surface area contributed by atoms with Crippen LogP contribution in [-0.2, 0) is 6.54 Å². The van der Waals surface area contributed by atoms with Crippen molar-refractivity contribution in [2.75, 3.05) is 0 Å². The van der Waals surface area contributed by atoms with Crippen LogP contribution in [0.5, 0.6) is 0 Å². The van der Waals surface area contributed by atoms with Crippen LogP contribution in [0, 0.1) is 11.7 Å². The van der Waals surface area contributed by atoms with Gasteiger partial charge in [-0.3, -0.25) is 14.6 Å². The summed E-state index contributed by atoms with van der Waals surface area (Å²) in [7, 11) is 0. The van der Waals surface area contributed by atoms with Gasteiger partial charge in [-0.1, -0.05) is 0 Å². The topological polar surface area (TPSA) is 59.4 Å². The van der Waals surface area contributed by atoms with Gasteiger partial charge in [0.05, 0.1) is 17.7 Å². The fraction of sp³-hybridized carbons (Fsp3) is 0.167. The highest BCUT2D eigenvalue weighted by molar-refractivity contribution is 7.71. The second-order valence-electron chi connectivity index (χ2n) is 4.04. The Morgan fingerprint density at radius 1 is 1.47 bits per heavy atom. The maximum atomic E-state index is 5.30. The van der Waals surface area contributed by atoms with Crippen molar-refractivity contribution in [1.29, 1.82) is 0 Å². The standard InChI is InChI=1S/C12H11N5S2/c1-8-10(19-7-14-8)6-17-11(15-16-12(17)18)9-3-2-4-13-5-9/h2-5,7H,6H2,1H3,(H,16,18). The summed E-state index contributed by atoms with van der Waals surface area (Å²) in [5.41, 5.74) is 3.82. The first-order valence-electron chi connectivity index (χ1n) is 5.70. The molecule has 5 nitrogen and oxygen atoms in total. The van der Waals surface area contributed by atoms with Crippen LogP contribution in [0.1, 0.15) is 10.6 Å². The van der Waals surface area contributed by atoms with Gasteiger partial charge in [0.1, 0.15) is 0 Å². The van der Waals surface area contributed by atoms with Crippen molar-refractivity contribution in [3.63, 3.8) is 0 Å². The lowest BCUT2D eigenvalue weighted by Crippen LogP contribution is -2.02. The molecule has 0 aromatic carbocycles. The zero-order valence-corrected chi connectivity index (χ0v) is 11.8. The first kappa shape index (κ1) is 12.2. The Hall–Kier alpha value is -1.86. The minimum Gasteiger partial charge on any atom is -0.295 e. The van der Waals surface area contributed by atoms with Gasteiger partial charge in [-0.2, -0.15) is 5.10 Å². The lowest BCUT2D eigenvalue weighted by atomic mass is 10.2. The summed E-state index contributed by atoms with van der Waals surface area (Å²) >= 11 is 6.92. The Morgan fingerprint density at radius 3 is 3.05 bits per heavy atom. The van der Waals surface area contributed by atoms with E-state index < -0.39 is 0 Å². The molecule has 7 heteroatoms. The van der Waals surface area contributed by atoms with Gasteiger partial charge in [0.25, 0.3) is 0 Å². The number of nitrogens with zero attached hydrogens (tertiary/aromatic N) is 4. The van der Waals surface area contributed by atoms with Gasteiger partial charge in [-0.05, 0) is 31.3 Å². The van der Waals surface area contributed by atoms with E-state index in [2.05, 4.69) is 20.2 Å². The number of H-pyrrole nitrogens is 1. The van der Waals surface area contributed by atoms with E-state index in [0.717, 1.165) is 17.1 Å². The molecule has 0 amide bonds. The summed E-state index contributed by atoms with van der Waals surface area (Å²) in [5.74, 6) is 0.797. The number of rotatable bonds is 3. The highest BCUT2D eigenvalue weighted by atomic mass is 32.1. The Balaban J connectivity index is 2.05. The van der Waals surface area contributed by atoms with Gasteiger partial charge >= 0.3 is 0 Å². The fourth-order valence-electron chi connectivity index (χ4n) is 1.80. The van der Waals surface area contributed by atoms with Crippen LogP contribution in [0.2, 0.25) is 0 Å². The van der Waals surface area contributed by atoms with Gasteiger partial charge in [0.15, 0.2) is 10.6 Å². The van der Waals surface area contributed by atoms with E-state index >= 15 is 0 Å². The molecule has 1 N–H and O–H groups in total. The zero-order chi connectivity index (χ0) is 13.2. The smallest absolute Gasteiger partial charge is 0.195 e. The monoisotopic (exact) mass is 289 g/mol. The second-order valence-corrected chi connectivity index (χ2v) is 5.37. The van der Waals surface area contributed by atoms with Gasteiger partial charge in [-0.25, -0.2) is 4.98 Å². The van der Waals surface area contributed by atoms with E-state index in [0.29, 0.717) is 11.3 Å². The maximum Gasteiger partial charge on any atom is 0.195 e. The molecule has 0 radical (unpaired) electrons. The fourth-order valence-corrected chi connectivity index (χ4v) is 2.76. The molecule has 3 aromatic heterocycles. The first-order chi connectivity index (χ1) is 9.25. The molecule has 3 aromatic rings. The maximum absolute atomic E-state index is 5.30. The number of aromatic nitrogens is 5. The van der Waals surface area contributed by atoms with Gasteiger partial charge in [0.2, 0.25) is 0 Å². The molecule has 0 aliphatic heterocycles. The number of hydrogen-bond acceptors (Lipinski definition) is 5. The lowest BCUT2D eigenvalue weighted by molar-refractivity contribution is 0.795. The lowest BCUT2D eigenvalue weighted by Gasteiger charge is -2.05. The first-order valence-corrected chi connectivity index (χ1v) is 6.99. The van der Waals surface area contributed by atoms with Gasteiger partial charge < -0.3 is 0 Å². The molecule has 3 heterocycles. The molecule has 0 fully saturated rings. The largest absolute Gasteiger partial charge is 0.295 e. The second kappa shape index (κ2) is 5.02. The van der Waals surface area contributed by atoms with Crippen molar-refractivity contribution in [3.8, 4) is 11.4 Å². The minimum atomic E-state index is 0.603. The van der Waals surface area contributed by atoms with Crippen LogP contribution in [0.4, 0.5) is 0 Å². The molecule has 0 aliphatic rings. The van der Waals surface area contributed by atoms with Crippen molar-refractivity contribution in [1.82, 2.24) is 24.7 Å². The number of aromatic amines is 1. The molecule has 3 rings (SSSR count). The van der Waals surface area contributed by atoms with Crippen molar-refractivity contribution in [2.24, 2.45) is 0 Å². The summed E-state index contributed by atoms with van der Waals surface area (Å²) in [6.45, 7) is 2.68. The molecule has 0 bridgehead atoms. The summed E-state index contributed by atoms with van der Waals surface area (Å²) in [5, 5.41) is 7.13.